The standard InChI is InChI=1S/C15H22Cl2N2/c1-11(2)10-19-7-5-13(6-8-19)18-15-9-12(16)3-4-14(15)17/h3-4,9,11,13,18H,5-8,10H2,1-2H3. The zero-order valence-electron chi connectivity index (χ0n) is 11.6. The molecule has 2 rings (SSSR count). The van der Waals surface area contributed by atoms with Crippen molar-refractivity contribution in [1.82, 2.24) is 4.90 Å². The number of benzene rings is 1. The van der Waals surface area contributed by atoms with Crippen molar-refractivity contribution in [2.75, 3.05) is 25.0 Å². The lowest BCUT2D eigenvalue weighted by Gasteiger charge is -2.33. The van der Waals surface area contributed by atoms with Gasteiger partial charge in [-0.1, -0.05) is 37.0 Å². The summed E-state index contributed by atoms with van der Waals surface area (Å²) in [7, 11) is 0. The number of nitrogens with zero attached hydrogens (tertiary/aromatic N) is 1. The zero-order valence-corrected chi connectivity index (χ0v) is 13.1. The van der Waals surface area contributed by atoms with Crippen LogP contribution in [0.4, 0.5) is 5.69 Å². The molecule has 0 atom stereocenters. The summed E-state index contributed by atoms with van der Waals surface area (Å²) in [4.78, 5) is 2.54. The van der Waals surface area contributed by atoms with Crippen molar-refractivity contribution < 1.29 is 0 Å². The highest BCUT2D eigenvalue weighted by Gasteiger charge is 2.20. The van der Waals surface area contributed by atoms with E-state index in [-0.39, 0.29) is 0 Å². The summed E-state index contributed by atoms with van der Waals surface area (Å²) in [5, 5.41) is 4.99. The smallest absolute Gasteiger partial charge is 0.0638 e. The van der Waals surface area contributed by atoms with E-state index in [0.717, 1.165) is 47.6 Å². The predicted octanol–water partition coefficient (Wildman–Crippen LogP) is 4.53. The zero-order chi connectivity index (χ0) is 13.8. The third-order valence-corrected chi connectivity index (χ3v) is 4.06. The molecule has 2 nitrogen and oxygen atoms in total. The number of hydrogen-bond acceptors (Lipinski definition) is 2. The molecule has 1 N–H and O–H groups in total. The fourth-order valence-corrected chi connectivity index (χ4v) is 2.95. The second-order valence-electron chi connectivity index (χ2n) is 5.74. The average Bonchev–Trinajstić information content (AvgIpc) is 2.35. The van der Waals surface area contributed by atoms with Gasteiger partial charge in [0, 0.05) is 30.7 Å². The third kappa shape index (κ3) is 4.55. The van der Waals surface area contributed by atoms with Gasteiger partial charge >= 0.3 is 0 Å². The molecule has 19 heavy (non-hydrogen) atoms. The Labute approximate surface area is 126 Å². The van der Waals surface area contributed by atoms with Crippen molar-refractivity contribution in [1.29, 1.82) is 0 Å². The van der Waals surface area contributed by atoms with Crippen LogP contribution in [0.25, 0.3) is 0 Å². The quantitative estimate of drug-likeness (QED) is 0.879. The summed E-state index contributed by atoms with van der Waals surface area (Å²) in [6.45, 7) is 8.07. The number of likely N-dealkylation sites (tertiary alicyclic amines) is 1. The number of piperidine rings is 1. The normalized spacial score (nSPS) is 17.9. The first kappa shape index (κ1) is 15.0. The van der Waals surface area contributed by atoms with Gasteiger partial charge in [0.2, 0.25) is 0 Å². The Balaban J connectivity index is 1.87. The first-order valence-corrected chi connectivity index (χ1v) is 7.74. The molecule has 0 aliphatic carbocycles. The van der Waals surface area contributed by atoms with Crippen LogP contribution in [0.5, 0.6) is 0 Å². The molecule has 4 heteroatoms. The molecule has 0 unspecified atom stereocenters. The molecular weight excluding hydrogens is 279 g/mol. The molecule has 1 saturated heterocycles. The molecule has 0 spiro atoms. The monoisotopic (exact) mass is 300 g/mol. The highest BCUT2D eigenvalue weighted by molar-refractivity contribution is 6.35. The van der Waals surface area contributed by atoms with E-state index in [4.69, 9.17) is 23.2 Å². The summed E-state index contributed by atoms with van der Waals surface area (Å²) in [6, 6.07) is 6.07. The maximum atomic E-state index is 6.18. The van der Waals surface area contributed by atoms with Gasteiger partial charge in [0.1, 0.15) is 0 Å². The van der Waals surface area contributed by atoms with Gasteiger partial charge < -0.3 is 10.2 Å². The van der Waals surface area contributed by atoms with Crippen LogP contribution >= 0.6 is 23.2 Å². The first-order valence-electron chi connectivity index (χ1n) is 6.98. The van der Waals surface area contributed by atoms with Gasteiger partial charge in [-0.2, -0.15) is 0 Å². The van der Waals surface area contributed by atoms with Gasteiger partial charge in [-0.15, -0.1) is 0 Å². The molecule has 1 aromatic rings. The molecule has 1 heterocycles. The number of nitrogens with one attached hydrogen (secondary N) is 1. The van der Waals surface area contributed by atoms with Crippen molar-refractivity contribution in [3.63, 3.8) is 0 Å². The van der Waals surface area contributed by atoms with E-state index in [1.165, 1.54) is 6.54 Å². The van der Waals surface area contributed by atoms with E-state index in [1.807, 2.05) is 18.2 Å². The molecule has 1 aliphatic heterocycles. The van der Waals surface area contributed by atoms with Crippen LogP contribution in [-0.4, -0.2) is 30.6 Å². The minimum absolute atomic E-state index is 0.499. The van der Waals surface area contributed by atoms with E-state index in [0.29, 0.717) is 6.04 Å². The minimum atomic E-state index is 0.499. The summed E-state index contributed by atoms with van der Waals surface area (Å²) >= 11 is 12.2. The molecule has 1 aromatic carbocycles. The van der Waals surface area contributed by atoms with E-state index < -0.39 is 0 Å². The van der Waals surface area contributed by atoms with Crippen LogP contribution in [0.15, 0.2) is 18.2 Å². The second-order valence-corrected chi connectivity index (χ2v) is 6.58. The fraction of sp³-hybridized carbons (Fsp3) is 0.600. The molecule has 0 amide bonds. The van der Waals surface area contributed by atoms with Crippen LogP contribution in [-0.2, 0) is 0 Å². The van der Waals surface area contributed by atoms with Gasteiger partial charge in [-0.3, -0.25) is 0 Å². The lowest BCUT2D eigenvalue weighted by molar-refractivity contribution is 0.198. The Bertz CT molecular complexity index is 413. The molecule has 1 aliphatic rings. The lowest BCUT2D eigenvalue weighted by Crippen LogP contribution is -2.40. The van der Waals surface area contributed by atoms with E-state index in [9.17, 15) is 0 Å². The third-order valence-electron chi connectivity index (χ3n) is 3.50. The predicted molar refractivity (Wildman–Crippen MR) is 84.4 cm³/mol. The molecule has 0 bridgehead atoms. The van der Waals surface area contributed by atoms with Crippen molar-refractivity contribution in [3.05, 3.63) is 28.2 Å². The molecule has 0 aromatic heterocycles. The number of anilines is 1. The topological polar surface area (TPSA) is 15.3 Å². The van der Waals surface area contributed by atoms with Gasteiger partial charge in [-0.05, 0) is 37.0 Å². The Kier molecular flexibility index (Phi) is 5.37. The average molecular weight is 301 g/mol. The van der Waals surface area contributed by atoms with Crippen molar-refractivity contribution in [2.24, 2.45) is 5.92 Å². The lowest BCUT2D eigenvalue weighted by atomic mass is 10.0. The SMILES string of the molecule is CC(C)CN1CCC(Nc2cc(Cl)ccc2Cl)CC1. The second kappa shape index (κ2) is 6.83. The largest absolute Gasteiger partial charge is 0.381 e. The molecule has 0 saturated carbocycles. The molecule has 0 radical (unpaired) electrons. The molecule has 106 valence electrons. The van der Waals surface area contributed by atoms with Crippen LogP contribution in [0.3, 0.4) is 0 Å². The first-order chi connectivity index (χ1) is 9.04. The highest BCUT2D eigenvalue weighted by atomic mass is 35.5. The van der Waals surface area contributed by atoms with E-state index >= 15 is 0 Å². The Morgan fingerprint density at radius 2 is 1.95 bits per heavy atom. The van der Waals surface area contributed by atoms with Gasteiger partial charge in [0.15, 0.2) is 0 Å². The Morgan fingerprint density at radius 1 is 1.26 bits per heavy atom. The van der Waals surface area contributed by atoms with Crippen LogP contribution < -0.4 is 5.32 Å². The van der Waals surface area contributed by atoms with Crippen molar-refractivity contribution >= 4 is 28.9 Å². The van der Waals surface area contributed by atoms with Crippen molar-refractivity contribution in [2.45, 2.75) is 32.7 Å². The van der Waals surface area contributed by atoms with Gasteiger partial charge in [0.25, 0.3) is 0 Å². The number of halogens is 2. The number of hydrogen-bond donors (Lipinski definition) is 1. The van der Waals surface area contributed by atoms with Crippen molar-refractivity contribution in [3.8, 4) is 0 Å². The summed E-state index contributed by atoms with van der Waals surface area (Å²) in [5.74, 6) is 0.742. The van der Waals surface area contributed by atoms with Gasteiger partial charge in [-0.25, -0.2) is 0 Å². The summed E-state index contributed by atoms with van der Waals surface area (Å²) < 4.78 is 0. The van der Waals surface area contributed by atoms with Gasteiger partial charge in [0.05, 0.1) is 10.7 Å². The summed E-state index contributed by atoms with van der Waals surface area (Å²) in [5.41, 5.74) is 0.955. The minimum Gasteiger partial charge on any atom is -0.381 e. The number of rotatable bonds is 4. The van der Waals surface area contributed by atoms with Crippen LogP contribution in [0.2, 0.25) is 10.0 Å². The highest BCUT2D eigenvalue weighted by Crippen LogP contribution is 2.27. The van der Waals surface area contributed by atoms with Crippen LogP contribution in [0.1, 0.15) is 26.7 Å². The molecule has 1 fully saturated rings. The maximum absolute atomic E-state index is 6.18. The summed E-state index contributed by atoms with van der Waals surface area (Å²) in [6.07, 6.45) is 2.32. The maximum Gasteiger partial charge on any atom is 0.0638 e. The Morgan fingerprint density at radius 3 is 2.58 bits per heavy atom. The van der Waals surface area contributed by atoms with E-state index in [1.54, 1.807) is 0 Å². The fourth-order valence-electron chi connectivity index (χ4n) is 2.60. The van der Waals surface area contributed by atoms with E-state index in [2.05, 4.69) is 24.1 Å². The Hall–Kier alpha value is -0.440. The van der Waals surface area contributed by atoms with Crippen LogP contribution in [0, 0.1) is 5.92 Å². The molecular formula is C15H22Cl2N2.